The van der Waals surface area contributed by atoms with Crippen molar-refractivity contribution in [2.24, 2.45) is 0 Å². The fraction of sp³-hybridized carbons (Fsp3) is 0.672. The molecule has 0 rings (SSSR count). The minimum atomic E-state index is -0.785. The van der Waals surface area contributed by atoms with Crippen LogP contribution in [0.1, 0.15) is 258 Å². The lowest BCUT2D eigenvalue weighted by Crippen LogP contribution is -2.30. The number of carbonyl (C=O) groups excluding carboxylic acids is 3. The molecule has 398 valence electrons. The summed E-state index contributed by atoms with van der Waals surface area (Å²) in [6.45, 7) is 6.42. The summed E-state index contributed by atoms with van der Waals surface area (Å²) in [4.78, 5) is 37.8. The predicted octanol–water partition coefficient (Wildman–Crippen LogP) is 19.5. The average molecular weight is 972 g/mol. The topological polar surface area (TPSA) is 78.9 Å². The summed E-state index contributed by atoms with van der Waals surface area (Å²) in [7, 11) is 0. The Labute approximate surface area is 431 Å². The first kappa shape index (κ1) is 66.1. The summed E-state index contributed by atoms with van der Waals surface area (Å²) in [6, 6.07) is 0. The second-order valence-corrected chi connectivity index (χ2v) is 18.8. The lowest BCUT2D eigenvalue weighted by atomic mass is 10.1. The van der Waals surface area contributed by atoms with Crippen molar-refractivity contribution in [3.8, 4) is 0 Å². The average Bonchev–Trinajstić information content (AvgIpc) is 3.36. The Hall–Kier alpha value is -3.93. The third-order valence-electron chi connectivity index (χ3n) is 12.0. The van der Waals surface area contributed by atoms with Crippen molar-refractivity contribution in [3.63, 3.8) is 0 Å². The van der Waals surface area contributed by atoms with E-state index in [0.29, 0.717) is 19.3 Å². The third kappa shape index (κ3) is 55.0. The van der Waals surface area contributed by atoms with Gasteiger partial charge in [0.05, 0.1) is 0 Å². The van der Waals surface area contributed by atoms with Crippen LogP contribution in [-0.2, 0) is 28.6 Å². The fourth-order valence-corrected chi connectivity index (χ4v) is 7.69. The minimum absolute atomic E-state index is 0.0857. The van der Waals surface area contributed by atoms with Gasteiger partial charge in [-0.1, -0.05) is 239 Å². The molecule has 0 aromatic carbocycles. The highest BCUT2D eigenvalue weighted by atomic mass is 16.6. The first-order valence-electron chi connectivity index (χ1n) is 28.9. The van der Waals surface area contributed by atoms with Gasteiger partial charge in [-0.05, 0) is 109 Å². The molecule has 0 radical (unpaired) electrons. The Morgan fingerprint density at radius 1 is 0.300 bits per heavy atom. The zero-order chi connectivity index (χ0) is 50.7. The van der Waals surface area contributed by atoms with Crippen molar-refractivity contribution in [2.75, 3.05) is 13.2 Å². The number of allylic oxidation sites excluding steroid dienone is 18. The third-order valence-corrected chi connectivity index (χ3v) is 12.0. The van der Waals surface area contributed by atoms with Gasteiger partial charge in [-0.25, -0.2) is 0 Å². The highest BCUT2D eigenvalue weighted by molar-refractivity contribution is 5.71. The van der Waals surface area contributed by atoms with Gasteiger partial charge in [0.2, 0.25) is 0 Å². The van der Waals surface area contributed by atoms with Crippen LogP contribution in [0.15, 0.2) is 109 Å². The fourth-order valence-electron chi connectivity index (χ4n) is 7.69. The molecule has 0 aromatic rings. The van der Waals surface area contributed by atoms with E-state index in [-0.39, 0.29) is 31.1 Å². The van der Waals surface area contributed by atoms with E-state index in [0.717, 1.165) is 135 Å². The summed E-state index contributed by atoms with van der Waals surface area (Å²) in [6.07, 6.45) is 78.3. The van der Waals surface area contributed by atoms with Gasteiger partial charge >= 0.3 is 17.9 Å². The number of ether oxygens (including phenoxy) is 3. The smallest absolute Gasteiger partial charge is 0.306 e. The molecule has 0 heterocycles. The summed E-state index contributed by atoms with van der Waals surface area (Å²) < 4.78 is 16.7. The van der Waals surface area contributed by atoms with Crippen LogP contribution in [0.2, 0.25) is 0 Å². The lowest BCUT2D eigenvalue weighted by molar-refractivity contribution is -0.167. The minimum Gasteiger partial charge on any atom is -0.462 e. The Balaban J connectivity index is 4.12. The molecule has 0 aliphatic heterocycles. The molecule has 0 saturated carbocycles. The number of unbranched alkanes of at least 4 members (excludes halogenated alkanes) is 22. The van der Waals surface area contributed by atoms with Crippen LogP contribution in [-0.4, -0.2) is 37.2 Å². The van der Waals surface area contributed by atoms with Gasteiger partial charge in [0.1, 0.15) is 13.2 Å². The van der Waals surface area contributed by atoms with E-state index in [9.17, 15) is 14.4 Å². The summed E-state index contributed by atoms with van der Waals surface area (Å²) >= 11 is 0. The van der Waals surface area contributed by atoms with Crippen LogP contribution in [0.25, 0.3) is 0 Å². The Bertz CT molecular complexity index is 1440. The molecular formula is C64H106O6. The van der Waals surface area contributed by atoms with E-state index < -0.39 is 6.10 Å². The van der Waals surface area contributed by atoms with E-state index in [2.05, 4.69) is 130 Å². The monoisotopic (exact) mass is 971 g/mol. The molecule has 6 heteroatoms. The molecule has 6 nitrogen and oxygen atoms in total. The van der Waals surface area contributed by atoms with Gasteiger partial charge in [-0.2, -0.15) is 0 Å². The molecule has 0 spiro atoms. The molecule has 0 fully saturated rings. The molecule has 1 unspecified atom stereocenters. The molecule has 0 bridgehead atoms. The Morgan fingerprint density at radius 3 is 0.900 bits per heavy atom. The maximum Gasteiger partial charge on any atom is 0.306 e. The molecule has 0 aromatic heterocycles. The Morgan fingerprint density at radius 2 is 0.557 bits per heavy atom. The van der Waals surface area contributed by atoms with E-state index in [1.54, 1.807) is 0 Å². The van der Waals surface area contributed by atoms with E-state index in [1.807, 2.05) is 0 Å². The maximum atomic E-state index is 12.8. The van der Waals surface area contributed by atoms with Crippen LogP contribution < -0.4 is 0 Å². The van der Waals surface area contributed by atoms with Crippen molar-refractivity contribution in [2.45, 2.75) is 264 Å². The number of hydrogen-bond donors (Lipinski definition) is 0. The zero-order valence-corrected chi connectivity index (χ0v) is 45.5. The van der Waals surface area contributed by atoms with Crippen molar-refractivity contribution in [3.05, 3.63) is 109 Å². The van der Waals surface area contributed by atoms with Crippen molar-refractivity contribution in [1.29, 1.82) is 0 Å². The number of esters is 3. The van der Waals surface area contributed by atoms with Crippen LogP contribution in [0.4, 0.5) is 0 Å². The summed E-state index contributed by atoms with van der Waals surface area (Å²) in [5, 5.41) is 0. The van der Waals surface area contributed by atoms with Crippen molar-refractivity contribution >= 4 is 17.9 Å². The van der Waals surface area contributed by atoms with Crippen molar-refractivity contribution < 1.29 is 28.6 Å². The van der Waals surface area contributed by atoms with Gasteiger partial charge in [-0.15, -0.1) is 0 Å². The molecular weight excluding hydrogens is 865 g/mol. The van der Waals surface area contributed by atoms with Gasteiger partial charge in [-0.3, -0.25) is 14.4 Å². The lowest BCUT2D eigenvalue weighted by Gasteiger charge is -2.18. The quantitative estimate of drug-likeness (QED) is 0.0262. The van der Waals surface area contributed by atoms with Crippen LogP contribution >= 0.6 is 0 Å². The number of hydrogen-bond acceptors (Lipinski definition) is 6. The largest absolute Gasteiger partial charge is 0.462 e. The summed E-state index contributed by atoms with van der Waals surface area (Å²) in [5.74, 6) is -0.917. The molecule has 0 N–H and O–H groups in total. The molecule has 0 amide bonds. The van der Waals surface area contributed by atoms with Gasteiger partial charge in [0, 0.05) is 19.3 Å². The van der Waals surface area contributed by atoms with E-state index >= 15 is 0 Å². The first-order chi connectivity index (χ1) is 34.5. The second-order valence-electron chi connectivity index (χ2n) is 18.8. The molecule has 1 atom stereocenters. The van der Waals surface area contributed by atoms with Gasteiger partial charge in [0.15, 0.2) is 6.10 Å². The highest BCUT2D eigenvalue weighted by Crippen LogP contribution is 2.14. The SMILES string of the molecule is CC/C=C\C/C=C\C/C=C\C/C=C\C/C=C\C/C=C\C/C=C\CCCCCCCCCCCC(=O)OCC(COC(=O)CCCCCCCC)OC(=O)CCCCCCC/C=C\C/C=C\CCCCC. The number of rotatable bonds is 51. The van der Waals surface area contributed by atoms with Gasteiger partial charge in [0.25, 0.3) is 0 Å². The summed E-state index contributed by atoms with van der Waals surface area (Å²) in [5.41, 5.74) is 0. The van der Waals surface area contributed by atoms with Crippen LogP contribution in [0.3, 0.4) is 0 Å². The van der Waals surface area contributed by atoms with E-state index in [4.69, 9.17) is 14.2 Å². The van der Waals surface area contributed by atoms with Crippen LogP contribution in [0, 0.1) is 0 Å². The second kappa shape index (κ2) is 57.6. The molecule has 0 aliphatic rings. The standard InChI is InChI=1S/C64H106O6/c1-4-7-10-13-16-18-20-22-24-25-26-27-28-29-30-31-32-33-34-35-36-37-38-39-41-42-44-46-48-51-54-57-63(66)69-60-61(59-68-62(65)56-53-50-15-12-9-6-3)70-64(67)58-55-52-49-47-45-43-40-23-21-19-17-14-11-8-5-2/h7,10,16-19,22-24,26-27,29-30,32-33,35-36,40,61H,4-6,8-9,11-15,20-21,25,28,31,34,37-39,41-60H2,1-3H3/b10-7-,18-16-,19-17-,24-22-,27-26-,30-29-,33-32-,36-35-,40-23-. The number of carbonyl (C=O) groups is 3. The zero-order valence-electron chi connectivity index (χ0n) is 45.5. The van der Waals surface area contributed by atoms with Gasteiger partial charge < -0.3 is 14.2 Å². The molecule has 70 heavy (non-hydrogen) atoms. The Kier molecular flexibility index (Phi) is 54.4. The predicted molar refractivity (Wildman–Crippen MR) is 302 cm³/mol. The maximum absolute atomic E-state index is 12.8. The normalized spacial score (nSPS) is 12.9. The molecule has 0 aliphatic carbocycles. The molecule has 0 saturated heterocycles. The van der Waals surface area contributed by atoms with Crippen LogP contribution in [0.5, 0.6) is 0 Å². The van der Waals surface area contributed by atoms with E-state index in [1.165, 1.54) is 83.5 Å². The first-order valence-corrected chi connectivity index (χ1v) is 28.9. The highest BCUT2D eigenvalue weighted by Gasteiger charge is 2.19. The van der Waals surface area contributed by atoms with Crippen molar-refractivity contribution in [1.82, 2.24) is 0 Å².